The van der Waals surface area contributed by atoms with Crippen molar-refractivity contribution in [3.8, 4) is 0 Å². The third kappa shape index (κ3) is 3.75. The molecule has 114 valence electrons. The Hall–Kier alpha value is -1.56. The van der Waals surface area contributed by atoms with Crippen LogP contribution in [-0.2, 0) is 10.5 Å². The van der Waals surface area contributed by atoms with E-state index < -0.39 is 11.9 Å². The predicted molar refractivity (Wildman–Crippen MR) is 79.9 cm³/mol. The molecule has 1 aliphatic heterocycles. The van der Waals surface area contributed by atoms with Crippen LogP contribution >= 0.6 is 11.8 Å². The van der Waals surface area contributed by atoms with Gasteiger partial charge in [-0.2, -0.15) is 11.8 Å². The van der Waals surface area contributed by atoms with E-state index >= 15 is 0 Å². The largest absolute Gasteiger partial charge is 0.481 e. The third-order valence-corrected chi connectivity index (χ3v) is 4.25. The summed E-state index contributed by atoms with van der Waals surface area (Å²) < 4.78 is 13.6. The standard InChI is InChI=1S/C15H18FNO3S/c1-21-9-12-7-10(4-5-13(12)16)14(18)17-6-2-3-11(8-17)15(19)20/h4-5,7,11H,2-3,6,8-9H2,1H3,(H,19,20)/t11-/m1/s1. The fraction of sp³-hybridized carbons (Fsp3) is 0.467. The minimum atomic E-state index is -0.866. The zero-order valence-electron chi connectivity index (χ0n) is 11.8. The first-order valence-corrected chi connectivity index (χ1v) is 8.21. The van der Waals surface area contributed by atoms with Crippen molar-refractivity contribution in [1.29, 1.82) is 0 Å². The van der Waals surface area contributed by atoms with Gasteiger partial charge in [0.1, 0.15) is 5.82 Å². The molecule has 0 aliphatic carbocycles. The first kappa shape index (κ1) is 15.8. The molecule has 0 radical (unpaired) electrons. The summed E-state index contributed by atoms with van der Waals surface area (Å²) in [5, 5.41) is 9.07. The number of carboxylic acid groups (broad SMARTS) is 1. The number of thioether (sulfide) groups is 1. The fourth-order valence-corrected chi connectivity index (χ4v) is 3.05. The molecule has 1 atom stereocenters. The Kier molecular flexibility index (Phi) is 5.22. The normalized spacial score (nSPS) is 18.6. The summed E-state index contributed by atoms with van der Waals surface area (Å²) in [4.78, 5) is 25.0. The van der Waals surface area contributed by atoms with Crippen molar-refractivity contribution < 1.29 is 19.1 Å². The quantitative estimate of drug-likeness (QED) is 0.928. The molecule has 0 bridgehead atoms. The fourth-order valence-electron chi connectivity index (χ4n) is 2.52. The highest BCUT2D eigenvalue weighted by Crippen LogP contribution is 2.21. The minimum Gasteiger partial charge on any atom is -0.481 e. The Morgan fingerprint density at radius 2 is 2.24 bits per heavy atom. The van der Waals surface area contributed by atoms with Gasteiger partial charge in [0, 0.05) is 24.4 Å². The number of benzene rings is 1. The van der Waals surface area contributed by atoms with Crippen molar-refractivity contribution in [1.82, 2.24) is 4.90 Å². The molecule has 1 aromatic carbocycles. The van der Waals surface area contributed by atoms with Crippen LogP contribution in [0.25, 0.3) is 0 Å². The van der Waals surface area contributed by atoms with Crippen LogP contribution in [0.15, 0.2) is 18.2 Å². The molecule has 1 aliphatic rings. The lowest BCUT2D eigenvalue weighted by Crippen LogP contribution is -2.42. The number of hydrogen-bond donors (Lipinski definition) is 1. The van der Waals surface area contributed by atoms with Crippen LogP contribution < -0.4 is 0 Å². The second-order valence-electron chi connectivity index (χ2n) is 5.17. The molecule has 1 amide bonds. The number of amides is 1. The lowest BCUT2D eigenvalue weighted by molar-refractivity contribution is -0.143. The van der Waals surface area contributed by atoms with Gasteiger partial charge in [-0.3, -0.25) is 9.59 Å². The van der Waals surface area contributed by atoms with Gasteiger partial charge in [-0.05, 0) is 42.9 Å². The number of hydrogen-bond acceptors (Lipinski definition) is 3. The average molecular weight is 311 g/mol. The van der Waals surface area contributed by atoms with Crippen molar-refractivity contribution >= 4 is 23.6 Å². The van der Waals surface area contributed by atoms with Crippen LogP contribution in [0.5, 0.6) is 0 Å². The summed E-state index contributed by atoms with van der Waals surface area (Å²) in [6, 6.07) is 4.34. The number of likely N-dealkylation sites (tertiary alicyclic amines) is 1. The Bertz CT molecular complexity index is 550. The molecule has 0 aromatic heterocycles. The number of piperidine rings is 1. The molecule has 0 saturated carbocycles. The van der Waals surface area contributed by atoms with E-state index in [0.29, 0.717) is 36.3 Å². The van der Waals surface area contributed by atoms with Gasteiger partial charge in [-0.25, -0.2) is 4.39 Å². The summed E-state index contributed by atoms with van der Waals surface area (Å²) in [6.07, 6.45) is 3.15. The Morgan fingerprint density at radius 1 is 1.48 bits per heavy atom. The SMILES string of the molecule is CSCc1cc(C(=O)N2CCC[C@@H](C(=O)O)C2)ccc1F. The molecule has 1 fully saturated rings. The second kappa shape index (κ2) is 6.93. The molecule has 21 heavy (non-hydrogen) atoms. The van der Waals surface area contributed by atoms with Gasteiger partial charge < -0.3 is 10.0 Å². The van der Waals surface area contributed by atoms with Crippen LogP contribution in [0, 0.1) is 11.7 Å². The molecule has 1 aromatic rings. The Labute approximate surface area is 127 Å². The maximum Gasteiger partial charge on any atom is 0.308 e. The lowest BCUT2D eigenvalue weighted by Gasteiger charge is -2.30. The zero-order valence-corrected chi connectivity index (χ0v) is 12.7. The van der Waals surface area contributed by atoms with Gasteiger partial charge in [0.2, 0.25) is 0 Å². The van der Waals surface area contributed by atoms with Crippen molar-refractivity contribution in [2.24, 2.45) is 5.92 Å². The Balaban J connectivity index is 2.15. The molecule has 2 rings (SSSR count). The van der Waals surface area contributed by atoms with Crippen LogP contribution in [0.1, 0.15) is 28.8 Å². The van der Waals surface area contributed by atoms with E-state index in [1.54, 1.807) is 11.0 Å². The number of nitrogens with zero attached hydrogens (tertiary/aromatic N) is 1. The average Bonchev–Trinajstić information content (AvgIpc) is 2.49. The van der Waals surface area contributed by atoms with E-state index in [1.807, 2.05) is 6.26 Å². The van der Waals surface area contributed by atoms with Gasteiger partial charge in [0.25, 0.3) is 5.91 Å². The highest BCUT2D eigenvalue weighted by atomic mass is 32.2. The maximum absolute atomic E-state index is 13.6. The molecule has 1 saturated heterocycles. The molecule has 1 N–H and O–H groups in total. The third-order valence-electron chi connectivity index (χ3n) is 3.65. The van der Waals surface area contributed by atoms with E-state index in [9.17, 15) is 14.0 Å². The van der Waals surface area contributed by atoms with Crippen LogP contribution in [0.3, 0.4) is 0 Å². The molecule has 0 spiro atoms. The summed E-state index contributed by atoms with van der Waals surface area (Å²) in [6.45, 7) is 0.779. The van der Waals surface area contributed by atoms with E-state index in [4.69, 9.17) is 5.11 Å². The summed E-state index contributed by atoms with van der Waals surface area (Å²) in [7, 11) is 0. The van der Waals surface area contributed by atoms with Crippen molar-refractivity contribution in [3.05, 3.63) is 35.1 Å². The number of halogens is 1. The number of carboxylic acids is 1. The number of carbonyl (C=O) groups is 2. The molecule has 0 unspecified atom stereocenters. The summed E-state index contributed by atoms with van der Waals surface area (Å²) >= 11 is 1.49. The second-order valence-corrected chi connectivity index (χ2v) is 6.03. The molecular formula is C15H18FNO3S. The molecular weight excluding hydrogens is 293 g/mol. The van der Waals surface area contributed by atoms with Crippen LogP contribution in [-0.4, -0.2) is 41.2 Å². The summed E-state index contributed by atoms with van der Waals surface area (Å²) in [5.74, 6) is -1.40. The molecule has 1 heterocycles. The number of rotatable bonds is 4. The van der Waals surface area contributed by atoms with Gasteiger partial charge in [0.15, 0.2) is 0 Å². The zero-order chi connectivity index (χ0) is 15.4. The van der Waals surface area contributed by atoms with Crippen molar-refractivity contribution in [2.45, 2.75) is 18.6 Å². The summed E-state index contributed by atoms with van der Waals surface area (Å²) in [5.41, 5.74) is 0.923. The smallest absolute Gasteiger partial charge is 0.308 e. The van der Waals surface area contributed by atoms with Gasteiger partial charge >= 0.3 is 5.97 Å². The van der Waals surface area contributed by atoms with Crippen LogP contribution in [0.4, 0.5) is 4.39 Å². The monoisotopic (exact) mass is 311 g/mol. The minimum absolute atomic E-state index is 0.219. The number of carbonyl (C=O) groups excluding carboxylic acids is 1. The van der Waals surface area contributed by atoms with E-state index in [-0.39, 0.29) is 18.3 Å². The first-order chi connectivity index (χ1) is 10.0. The van der Waals surface area contributed by atoms with Gasteiger partial charge in [-0.15, -0.1) is 0 Å². The van der Waals surface area contributed by atoms with Crippen molar-refractivity contribution in [2.75, 3.05) is 19.3 Å². The van der Waals surface area contributed by atoms with Crippen molar-refractivity contribution in [3.63, 3.8) is 0 Å². The molecule has 4 nitrogen and oxygen atoms in total. The van der Waals surface area contributed by atoms with Crippen LogP contribution in [0.2, 0.25) is 0 Å². The molecule has 6 heteroatoms. The number of aliphatic carboxylic acids is 1. The van der Waals surface area contributed by atoms with E-state index in [0.717, 1.165) is 0 Å². The van der Waals surface area contributed by atoms with Gasteiger partial charge in [-0.1, -0.05) is 0 Å². The first-order valence-electron chi connectivity index (χ1n) is 6.82. The predicted octanol–water partition coefficient (Wildman–Crippen LogP) is 2.63. The topological polar surface area (TPSA) is 57.6 Å². The Morgan fingerprint density at radius 3 is 2.90 bits per heavy atom. The van der Waals surface area contributed by atoms with Gasteiger partial charge in [0.05, 0.1) is 5.92 Å². The van der Waals surface area contributed by atoms with E-state index in [2.05, 4.69) is 0 Å². The maximum atomic E-state index is 13.6. The van der Waals surface area contributed by atoms with E-state index in [1.165, 1.54) is 23.9 Å². The highest BCUT2D eigenvalue weighted by Gasteiger charge is 2.28. The highest BCUT2D eigenvalue weighted by molar-refractivity contribution is 7.97. The lowest BCUT2D eigenvalue weighted by atomic mass is 9.97.